The van der Waals surface area contributed by atoms with Gasteiger partial charge < -0.3 is 15.2 Å². The Balaban J connectivity index is 1.60. The van der Waals surface area contributed by atoms with Crippen molar-refractivity contribution >= 4 is 34.2 Å². The summed E-state index contributed by atoms with van der Waals surface area (Å²) in [5.41, 5.74) is 2.29. The second kappa shape index (κ2) is 10.2. The van der Waals surface area contributed by atoms with Crippen LogP contribution >= 0.6 is 11.3 Å². The first-order valence-corrected chi connectivity index (χ1v) is 11.6. The first-order valence-electron chi connectivity index (χ1n) is 10.8. The molecule has 2 aromatic carbocycles. The number of rotatable bonds is 9. The summed E-state index contributed by atoms with van der Waals surface area (Å²) < 4.78 is 1.92. The molecule has 6 nitrogen and oxygen atoms in total. The normalized spacial score (nSPS) is 11.9. The summed E-state index contributed by atoms with van der Waals surface area (Å²) in [5.74, 6) is 0.459. The Labute approximate surface area is 191 Å². The lowest BCUT2D eigenvalue weighted by atomic mass is 10.1. The Morgan fingerprint density at radius 3 is 2.56 bits per heavy atom. The molecule has 0 unspecified atom stereocenters. The number of nitrogens with zero attached hydrogens (tertiary/aromatic N) is 2. The number of carbonyl (C=O) groups excluding carboxylic acids is 2. The van der Waals surface area contributed by atoms with Crippen LogP contribution in [0.3, 0.4) is 0 Å². The maximum atomic E-state index is 12.9. The molecular formula is C25H26N4O2S. The average molecular weight is 447 g/mol. The Kier molecular flexibility index (Phi) is 6.97. The number of nitrogens with one attached hydrogen (secondary N) is 2. The number of para-hydroxylation sites is 2. The molecule has 2 amide bonds. The zero-order valence-corrected chi connectivity index (χ0v) is 18.8. The van der Waals surface area contributed by atoms with E-state index in [1.165, 1.54) is 0 Å². The SMILES string of the molecule is CCC[C@@H](NC(=O)c1ccccc1)c1nc2ccccc2n1CC(=O)NCc1cccs1. The van der Waals surface area contributed by atoms with E-state index in [9.17, 15) is 9.59 Å². The Morgan fingerprint density at radius 1 is 1.03 bits per heavy atom. The van der Waals surface area contributed by atoms with Crippen molar-refractivity contribution in [1.82, 2.24) is 20.2 Å². The summed E-state index contributed by atoms with van der Waals surface area (Å²) in [4.78, 5) is 31.6. The highest BCUT2D eigenvalue weighted by Crippen LogP contribution is 2.24. The number of fused-ring (bicyclic) bond motifs is 1. The predicted molar refractivity (Wildman–Crippen MR) is 127 cm³/mol. The summed E-state index contributed by atoms with van der Waals surface area (Å²) in [5, 5.41) is 8.11. The number of thiophene rings is 1. The lowest BCUT2D eigenvalue weighted by molar-refractivity contribution is -0.121. The van der Waals surface area contributed by atoms with E-state index >= 15 is 0 Å². The molecule has 4 rings (SSSR count). The Morgan fingerprint density at radius 2 is 1.81 bits per heavy atom. The number of hydrogen-bond donors (Lipinski definition) is 2. The summed E-state index contributed by atoms with van der Waals surface area (Å²) in [6.07, 6.45) is 1.59. The summed E-state index contributed by atoms with van der Waals surface area (Å²) in [7, 11) is 0. The Hall–Kier alpha value is -3.45. The fourth-order valence-electron chi connectivity index (χ4n) is 3.71. The van der Waals surface area contributed by atoms with Crippen LogP contribution in [0, 0.1) is 0 Å². The highest BCUT2D eigenvalue weighted by molar-refractivity contribution is 7.09. The predicted octanol–water partition coefficient (Wildman–Crippen LogP) is 4.69. The highest BCUT2D eigenvalue weighted by atomic mass is 32.1. The minimum atomic E-state index is -0.301. The van der Waals surface area contributed by atoms with Crippen molar-refractivity contribution in [1.29, 1.82) is 0 Å². The maximum absolute atomic E-state index is 12.9. The molecule has 0 fully saturated rings. The van der Waals surface area contributed by atoms with Crippen LogP contribution in [0.25, 0.3) is 11.0 Å². The van der Waals surface area contributed by atoms with Crippen molar-refractivity contribution in [2.24, 2.45) is 0 Å². The molecule has 0 aliphatic rings. The fourth-order valence-corrected chi connectivity index (χ4v) is 4.35. The molecule has 4 aromatic rings. The largest absolute Gasteiger partial charge is 0.350 e. The fraction of sp³-hybridized carbons (Fsp3) is 0.240. The van der Waals surface area contributed by atoms with Crippen LogP contribution in [-0.4, -0.2) is 21.4 Å². The molecule has 0 aliphatic heterocycles. The second-order valence-corrected chi connectivity index (χ2v) is 8.61. The van der Waals surface area contributed by atoms with Crippen LogP contribution in [0.4, 0.5) is 0 Å². The van der Waals surface area contributed by atoms with Crippen molar-refractivity contribution in [3.63, 3.8) is 0 Å². The zero-order chi connectivity index (χ0) is 22.3. The third-order valence-electron chi connectivity index (χ3n) is 5.26. The molecule has 0 aliphatic carbocycles. The van der Waals surface area contributed by atoms with Gasteiger partial charge in [-0.2, -0.15) is 0 Å². The smallest absolute Gasteiger partial charge is 0.251 e. The van der Waals surface area contributed by atoms with Crippen LogP contribution in [0.15, 0.2) is 72.1 Å². The van der Waals surface area contributed by atoms with E-state index in [1.54, 1.807) is 23.5 Å². The summed E-state index contributed by atoms with van der Waals surface area (Å²) in [6.45, 7) is 2.71. The van der Waals surface area contributed by atoms with Gasteiger partial charge in [-0.25, -0.2) is 4.98 Å². The third-order valence-corrected chi connectivity index (χ3v) is 6.13. The standard InChI is InChI=1S/C25H26N4O2S/c1-2-9-21(28-25(31)18-10-4-3-5-11-18)24-27-20-13-6-7-14-22(20)29(24)17-23(30)26-16-19-12-8-15-32-19/h3-8,10-15,21H,2,9,16-17H2,1H3,(H,26,30)(H,28,31)/t21-/m1/s1. The van der Waals surface area contributed by atoms with Crippen molar-refractivity contribution in [2.45, 2.75) is 38.9 Å². The lowest BCUT2D eigenvalue weighted by Gasteiger charge is -2.20. The molecular weight excluding hydrogens is 420 g/mol. The minimum Gasteiger partial charge on any atom is -0.350 e. The van der Waals surface area contributed by atoms with E-state index < -0.39 is 0 Å². The lowest BCUT2D eigenvalue weighted by Crippen LogP contribution is -2.32. The van der Waals surface area contributed by atoms with Gasteiger partial charge in [0.05, 0.1) is 23.6 Å². The molecule has 164 valence electrons. The molecule has 0 saturated heterocycles. The molecule has 0 spiro atoms. The van der Waals surface area contributed by atoms with Gasteiger partial charge in [0.2, 0.25) is 5.91 Å². The van der Waals surface area contributed by atoms with Crippen LogP contribution in [-0.2, 0) is 17.9 Å². The van der Waals surface area contributed by atoms with Crippen LogP contribution in [0.5, 0.6) is 0 Å². The summed E-state index contributed by atoms with van der Waals surface area (Å²) in [6, 6.07) is 20.6. The molecule has 7 heteroatoms. The molecule has 2 N–H and O–H groups in total. The van der Waals surface area contributed by atoms with Crippen LogP contribution in [0.1, 0.15) is 46.9 Å². The van der Waals surface area contributed by atoms with E-state index in [1.807, 2.05) is 64.5 Å². The number of imidazole rings is 1. The van der Waals surface area contributed by atoms with Crippen molar-refractivity contribution in [2.75, 3.05) is 0 Å². The zero-order valence-electron chi connectivity index (χ0n) is 18.0. The minimum absolute atomic E-state index is 0.0903. The number of aromatic nitrogens is 2. The van der Waals surface area contributed by atoms with E-state index in [4.69, 9.17) is 4.98 Å². The van der Waals surface area contributed by atoms with Crippen molar-refractivity contribution < 1.29 is 9.59 Å². The van der Waals surface area contributed by atoms with Gasteiger partial charge in [0.15, 0.2) is 0 Å². The third kappa shape index (κ3) is 5.06. The second-order valence-electron chi connectivity index (χ2n) is 7.58. The van der Waals surface area contributed by atoms with Crippen LogP contribution in [0.2, 0.25) is 0 Å². The molecule has 2 aromatic heterocycles. The van der Waals surface area contributed by atoms with Crippen LogP contribution < -0.4 is 10.6 Å². The first kappa shape index (κ1) is 21.8. The van der Waals surface area contributed by atoms with Gasteiger partial charge in [-0.15, -0.1) is 11.3 Å². The Bertz CT molecular complexity index is 1190. The molecule has 2 heterocycles. The van der Waals surface area contributed by atoms with Gasteiger partial charge in [-0.3, -0.25) is 9.59 Å². The van der Waals surface area contributed by atoms with E-state index in [0.717, 1.165) is 28.8 Å². The molecule has 0 radical (unpaired) electrons. The highest BCUT2D eigenvalue weighted by Gasteiger charge is 2.23. The van der Waals surface area contributed by atoms with Gasteiger partial charge >= 0.3 is 0 Å². The summed E-state index contributed by atoms with van der Waals surface area (Å²) >= 11 is 1.61. The molecule has 1 atom stereocenters. The van der Waals surface area contributed by atoms with Gasteiger partial charge in [0.25, 0.3) is 5.91 Å². The number of hydrogen-bond acceptors (Lipinski definition) is 4. The monoisotopic (exact) mass is 446 g/mol. The molecule has 32 heavy (non-hydrogen) atoms. The quantitative estimate of drug-likeness (QED) is 0.392. The van der Waals surface area contributed by atoms with E-state index in [0.29, 0.717) is 17.9 Å². The van der Waals surface area contributed by atoms with Gasteiger partial charge in [0, 0.05) is 10.4 Å². The maximum Gasteiger partial charge on any atom is 0.251 e. The van der Waals surface area contributed by atoms with E-state index in [2.05, 4.69) is 17.6 Å². The number of carbonyl (C=O) groups is 2. The van der Waals surface area contributed by atoms with E-state index in [-0.39, 0.29) is 24.4 Å². The topological polar surface area (TPSA) is 76.0 Å². The molecule has 0 bridgehead atoms. The molecule has 0 saturated carbocycles. The average Bonchev–Trinajstić information content (AvgIpc) is 3.46. The van der Waals surface area contributed by atoms with Gasteiger partial charge in [-0.05, 0) is 42.1 Å². The number of amides is 2. The van der Waals surface area contributed by atoms with Gasteiger partial charge in [0.1, 0.15) is 12.4 Å². The van der Waals surface area contributed by atoms with Gasteiger partial charge in [-0.1, -0.05) is 49.7 Å². The van der Waals surface area contributed by atoms with Crippen molar-refractivity contribution in [3.05, 3.63) is 88.4 Å². The number of benzene rings is 2. The van der Waals surface area contributed by atoms with Crippen molar-refractivity contribution in [3.8, 4) is 0 Å². The first-order chi connectivity index (χ1) is 15.7.